The van der Waals surface area contributed by atoms with Crippen LogP contribution in [-0.2, 0) is 0 Å². The van der Waals surface area contributed by atoms with Gasteiger partial charge in [-0.15, -0.1) is 35.2 Å². The van der Waals surface area contributed by atoms with E-state index in [0.717, 1.165) is 48.4 Å². The molecule has 20 heteroatoms. The maximum absolute atomic E-state index is 12.4. The summed E-state index contributed by atoms with van der Waals surface area (Å²) in [7, 11) is 3.24. The molecule has 3 aliphatic heterocycles. The molecule has 0 spiro atoms. The van der Waals surface area contributed by atoms with Gasteiger partial charge in [-0.2, -0.15) is 0 Å². The number of amides is 6. The molecule has 3 heterocycles. The number of methoxy groups -OCH3 is 2. The van der Waals surface area contributed by atoms with Gasteiger partial charge in [0.2, 0.25) is 0 Å². The SMILES string of the molecule is C#CCN1C(=O)c2ccccc2C1=O.CC(C)(C)[O-].CC1=C(/C=C/c2cccc(C#CCN)c2)C(C)(C)CCC1.CC1=C(/C=C/c2cccc(C#CCN3C(=O)c4ccccc4C3=O)c2)C(C)(C)CCC1.CC1=C(CP(Br)(c2ccccc2)(c2ccccc2)c2ccccc2)C(C)(C)CCC1.CCO.COc1cccc(Br)c1.COc1cccc(C#CCN2C(=O)c3ccccc3C2=O)c1.ClCCl.[K+]. The van der Waals surface area contributed by atoms with Crippen molar-refractivity contribution >= 4 is 123 Å². The number of nitrogens with zero attached hydrogens (tertiary/aromatic N) is 3. The Hall–Kier alpha value is -10.4. The van der Waals surface area contributed by atoms with Crippen LogP contribution >= 0.6 is 59.9 Å². The van der Waals surface area contributed by atoms with Crippen molar-refractivity contribution in [3.63, 3.8) is 0 Å². The van der Waals surface area contributed by atoms with Crippen molar-refractivity contribution < 1.29 is 99.8 Å². The average molecular weight is 2080 g/mol. The number of benzene rings is 10. The third-order valence-corrected chi connectivity index (χ3v) is 34.0. The van der Waals surface area contributed by atoms with Gasteiger partial charge in [0.05, 0.1) is 79.1 Å². The van der Waals surface area contributed by atoms with E-state index >= 15 is 0 Å². The molecule has 0 saturated carbocycles. The van der Waals surface area contributed by atoms with Gasteiger partial charge in [-0.25, -0.2) is 0 Å². The Labute approximate surface area is 894 Å². The maximum atomic E-state index is 12.4. The number of nitrogens with two attached hydrogens (primary N) is 1. The van der Waals surface area contributed by atoms with Crippen LogP contribution in [-0.4, -0.2) is 119 Å². The van der Waals surface area contributed by atoms with Crippen LogP contribution in [0.4, 0.5) is 0 Å². The Kier molecular flexibility index (Phi) is 46.4. The summed E-state index contributed by atoms with van der Waals surface area (Å²) in [5.41, 5.74) is 22.2. The van der Waals surface area contributed by atoms with Gasteiger partial charge < -0.3 is 25.4 Å². The number of hydrogen-bond donors (Lipinski definition) is 2. The first-order chi connectivity index (χ1) is 65.9. The van der Waals surface area contributed by atoms with Gasteiger partial charge in [0.25, 0.3) is 35.4 Å². The molecule has 3 aliphatic carbocycles. The van der Waals surface area contributed by atoms with E-state index in [0.29, 0.717) is 45.7 Å². The third kappa shape index (κ3) is 32.6. The number of aliphatic hydroxyl groups is 1. The third-order valence-electron chi connectivity index (χ3n) is 24.0. The largest absolute Gasteiger partial charge is 1.00 e. The topological polar surface area (TPSA) is 200 Å². The van der Waals surface area contributed by atoms with E-state index in [4.69, 9.17) is 49.9 Å². The van der Waals surface area contributed by atoms with Crippen molar-refractivity contribution in [2.24, 2.45) is 22.0 Å². The normalized spacial score (nSPS) is 15.2. The summed E-state index contributed by atoms with van der Waals surface area (Å²) < 4.78 is 11.1. The predicted molar refractivity (Wildman–Crippen MR) is 578 cm³/mol. The Bertz CT molecular complexity index is 6120. The van der Waals surface area contributed by atoms with Gasteiger partial charge in [-0.3, -0.25) is 43.5 Å². The Morgan fingerprint density at radius 1 is 0.453 bits per heavy atom. The number of alkyl halides is 2. The average Bonchev–Trinajstić information content (AvgIpc) is 1.19. The first kappa shape index (κ1) is 116. The number of halogens is 4. The van der Waals surface area contributed by atoms with E-state index in [9.17, 15) is 33.9 Å². The summed E-state index contributed by atoms with van der Waals surface area (Å²) in [4.78, 5) is 75.9. The van der Waals surface area contributed by atoms with Crippen molar-refractivity contribution in [3.05, 3.63) is 372 Å². The zero-order valence-corrected chi connectivity index (χ0v) is 91.7. The van der Waals surface area contributed by atoms with Gasteiger partial charge in [0.1, 0.15) is 11.5 Å². The minimum atomic E-state index is -2.91. The molecule has 718 valence electrons. The number of carbonyl (C=O) groups is 6. The molecule has 0 fully saturated rings. The van der Waals surface area contributed by atoms with Crippen molar-refractivity contribution in [2.45, 2.75) is 153 Å². The van der Waals surface area contributed by atoms with E-state index in [1.165, 1.54) is 106 Å². The smallest absolute Gasteiger partial charge is 0.497 e. The van der Waals surface area contributed by atoms with Crippen LogP contribution in [0.5, 0.6) is 11.5 Å². The minimum Gasteiger partial charge on any atom is -0.497 e. The number of aliphatic hydroxyl groups excluding tert-OH is 1. The molecule has 0 radical (unpaired) electrons. The Balaban J connectivity index is 0.000000228. The molecule has 6 aliphatic rings. The first-order valence-corrected chi connectivity index (χ1v) is 52.6. The predicted octanol–water partition coefficient (Wildman–Crippen LogP) is 22.0. The van der Waals surface area contributed by atoms with Crippen LogP contribution in [0, 0.1) is 64.1 Å². The van der Waals surface area contributed by atoms with E-state index in [1.807, 2.05) is 72.8 Å². The van der Waals surface area contributed by atoms with Crippen molar-refractivity contribution in [2.75, 3.05) is 58.5 Å². The summed E-state index contributed by atoms with van der Waals surface area (Å²) in [6.07, 6.45) is 26.2. The van der Waals surface area contributed by atoms with Gasteiger partial charge in [0.15, 0.2) is 0 Å². The van der Waals surface area contributed by atoms with Gasteiger partial charge >= 0.3 is 242 Å². The monoisotopic (exact) mass is 2070 g/mol. The van der Waals surface area contributed by atoms with Crippen LogP contribution in [0.15, 0.2) is 311 Å². The summed E-state index contributed by atoms with van der Waals surface area (Å²) in [5.74, 6) is 20.0. The van der Waals surface area contributed by atoms with Crippen LogP contribution in [0.25, 0.3) is 12.2 Å². The second-order valence-electron chi connectivity index (χ2n) is 36.6. The first-order valence-electron chi connectivity index (χ1n) is 46.3. The van der Waals surface area contributed by atoms with E-state index in [2.05, 4.69) is 269 Å². The Morgan fingerprint density at radius 3 is 1.06 bits per heavy atom. The second-order valence-corrected chi connectivity index (χ2v) is 47.2. The fraction of sp³-hybridized carbons (Fsp3) is 0.294. The number of terminal acetylenes is 1. The number of imide groups is 3. The molecule has 10 aromatic carbocycles. The molecule has 3 N–H and O–H groups in total. The van der Waals surface area contributed by atoms with Gasteiger partial charge in [-0.1, -0.05) is 214 Å². The zero-order valence-electron chi connectivity index (χ0n) is 83.0. The number of ether oxygens (including phenoxy) is 2. The molecule has 0 aromatic heterocycles. The van der Waals surface area contributed by atoms with Crippen LogP contribution in [0.2, 0.25) is 0 Å². The summed E-state index contributed by atoms with van der Waals surface area (Å²) >= 11 is 17.5. The van der Waals surface area contributed by atoms with E-state index in [-0.39, 0.29) is 135 Å². The second kappa shape index (κ2) is 55.7. The molecule has 0 bridgehead atoms. The van der Waals surface area contributed by atoms with Crippen molar-refractivity contribution in [1.29, 1.82) is 0 Å². The summed E-state index contributed by atoms with van der Waals surface area (Å²) in [6.45, 7) is 28.5. The number of carbonyl (C=O) groups excluding carboxylic acids is 6. The summed E-state index contributed by atoms with van der Waals surface area (Å²) in [5, 5.41) is 19.2. The molecular weight excluding hydrogens is 1950 g/mol. The molecule has 0 saturated heterocycles. The van der Waals surface area contributed by atoms with Crippen LogP contribution in [0.1, 0.15) is 238 Å². The molecule has 0 unspecified atom stereocenters. The molecule has 139 heavy (non-hydrogen) atoms. The van der Waals surface area contributed by atoms with Crippen molar-refractivity contribution in [3.8, 4) is 59.4 Å². The molecule has 14 nitrogen and oxygen atoms in total. The number of fused-ring (bicyclic) bond motifs is 3. The molecule has 0 atom stereocenters. The van der Waals surface area contributed by atoms with Crippen LogP contribution < -0.4 is 87.6 Å². The summed E-state index contributed by atoms with van der Waals surface area (Å²) in [6, 6.07) is 85.3. The van der Waals surface area contributed by atoms with Gasteiger partial charge in [0, 0.05) is 27.8 Å². The fourth-order valence-electron chi connectivity index (χ4n) is 17.2. The van der Waals surface area contributed by atoms with Crippen LogP contribution in [0.3, 0.4) is 0 Å². The maximum Gasteiger partial charge on any atom is 1.00 e. The van der Waals surface area contributed by atoms with E-state index in [1.54, 1.807) is 132 Å². The minimum absolute atomic E-state index is 0. The van der Waals surface area contributed by atoms with E-state index < -0.39 is 10.9 Å². The number of allylic oxidation sites excluding steroid dienone is 8. The molecule has 16 rings (SSSR count). The van der Waals surface area contributed by atoms with Crippen molar-refractivity contribution in [1.82, 2.24) is 14.7 Å². The fourth-order valence-corrected chi connectivity index (χ4v) is 25.6. The number of rotatable bonds is 14. The molecular formula is C119H128Br2Cl2KN4O10P. The number of hydrogen-bond acceptors (Lipinski definition) is 11. The standard InChI is InChI=1S/C28H32BrP.C28H27NO2.C20H25N.C18H13NO3.C11H7NO2.C7H7BrO.C4H9O.C2H6O.CH2Cl2.K/c1-23-14-13-21-28(2,3)27(23)22-30(29,24-15-7-4-8-16-24,25-17-9-5-10-18-25)26-19-11-6-12-20-26;1-20-9-7-17-28(2,3)25(20)16-15-22-11-6-10-21(19-22)12-8-18-29-26(30)23-13-4-5-14-24(23)27(29)31;1-16-7-5-13-20(2,3)19(16)12-11-18-9-4-8-17(15-18)10-6-14-21;1-22-14-8-4-6-13(12-14)7-5-11-19-17(20)15-9-2-3-10-16(15)18(19)21;1-2-7-12-10(13)8-5-3-4-6-9(8)11(12)14;1-9-7-4-2-3-6(8)5-7;1-4(2,3)5;1-2-3;2-1-3;/h4-12,15-20H,13-14,21-22H2,1-3H3;4-6,10-11,13-16,19H,7,9,17-18H2,1-3H3;4,8-9,11-12,15H,5,7,13-14,21H2,1-3H3;2-4,6,8-10,12H,11H2,1H3;1,3-6H,7H2;2-5H,1H3;1-3H3;3H,2H2,1H3;1H2;/q;;;;;;-1;;;+1/b;16-15+;12-11+;;;;;;;. The zero-order chi connectivity index (χ0) is 101. The van der Waals surface area contributed by atoms with Gasteiger partial charge in [-0.05, 0) is 189 Å². The Morgan fingerprint density at radius 2 is 0.748 bits per heavy atom. The molecule has 10 aromatic rings. The molecule has 6 amide bonds. The quantitative estimate of drug-likeness (QED) is 0.0262.